The number of amides is 3. The van der Waals surface area contributed by atoms with Gasteiger partial charge >= 0.3 is 0 Å². The minimum atomic E-state index is -0.580. The van der Waals surface area contributed by atoms with E-state index in [2.05, 4.69) is 10.9 Å². The Morgan fingerprint density at radius 1 is 1.17 bits per heavy atom. The van der Waals surface area contributed by atoms with E-state index >= 15 is 0 Å². The number of hydrogen-bond donors (Lipinski definition) is 2. The smallest absolute Gasteiger partial charge is 0.276 e. The normalized spacial score (nSPS) is 13.0. The van der Waals surface area contributed by atoms with E-state index in [1.165, 1.54) is 17.0 Å². The molecule has 0 spiro atoms. The highest BCUT2D eigenvalue weighted by Gasteiger charge is 2.26. The molecule has 0 atom stereocenters. The van der Waals surface area contributed by atoms with E-state index in [1.807, 2.05) is 6.07 Å². The number of nitrogens with zero attached hydrogens (tertiary/aromatic N) is 2. The van der Waals surface area contributed by atoms with Crippen LogP contribution in [0.5, 0.6) is 5.75 Å². The summed E-state index contributed by atoms with van der Waals surface area (Å²) < 4.78 is 5.30. The lowest BCUT2D eigenvalue weighted by molar-refractivity contribution is -0.123. The predicted molar refractivity (Wildman–Crippen MR) is 105 cm³/mol. The SMILES string of the molecule is N#Cc1ccc(OCC(=O)NNC(=O)c2ccc(Cl)cc2N2CCCC2=O)cc1. The van der Waals surface area contributed by atoms with Crippen LogP contribution >= 0.6 is 11.6 Å². The summed E-state index contributed by atoms with van der Waals surface area (Å²) in [6, 6.07) is 12.8. The van der Waals surface area contributed by atoms with Crippen molar-refractivity contribution in [3.05, 3.63) is 58.6 Å². The summed E-state index contributed by atoms with van der Waals surface area (Å²) in [7, 11) is 0. The molecular formula is C20H17ClN4O4. The number of hydrazine groups is 1. The van der Waals surface area contributed by atoms with Crippen LogP contribution in [0.2, 0.25) is 5.02 Å². The number of rotatable bonds is 5. The van der Waals surface area contributed by atoms with Crippen LogP contribution in [0.15, 0.2) is 42.5 Å². The van der Waals surface area contributed by atoms with Gasteiger partial charge < -0.3 is 9.64 Å². The fraction of sp³-hybridized carbons (Fsp3) is 0.200. The van der Waals surface area contributed by atoms with Crippen LogP contribution in [0.3, 0.4) is 0 Å². The topological polar surface area (TPSA) is 112 Å². The van der Waals surface area contributed by atoms with Gasteiger partial charge in [-0.1, -0.05) is 11.6 Å². The monoisotopic (exact) mass is 412 g/mol. The van der Waals surface area contributed by atoms with Crippen LogP contribution in [-0.4, -0.2) is 30.9 Å². The highest BCUT2D eigenvalue weighted by Crippen LogP contribution is 2.28. The van der Waals surface area contributed by atoms with Gasteiger partial charge in [-0.25, -0.2) is 0 Å². The molecule has 1 aliphatic rings. The molecule has 1 aliphatic heterocycles. The van der Waals surface area contributed by atoms with Gasteiger partial charge in [0.1, 0.15) is 5.75 Å². The molecule has 0 saturated carbocycles. The Morgan fingerprint density at radius 2 is 1.93 bits per heavy atom. The second-order valence-corrected chi connectivity index (χ2v) is 6.67. The Bertz CT molecular complexity index is 985. The third kappa shape index (κ3) is 5.03. The van der Waals surface area contributed by atoms with Gasteiger partial charge in [0, 0.05) is 18.0 Å². The highest BCUT2D eigenvalue weighted by molar-refractivity contribution is 6.31. The van der Waals surface area contributed by atoms with Crippen molar-refractivity contribution in [1.29, 1.82) is 5.26 Å². The predicted octanol–water partition coefficient (Wildman–Crippen LogP) is 2.18. The Kier molecular flexibility index (Phi) is 6.32. The van der Waals surface area contributed by atoms with Crippen molar-refractivity contribution < 1.29 is 19.1 Å². The van der Waals surface area contributed by atoms with Crippen molar-refractivity contribution in [2.24, 2.45) is 0 Å². The molecule has 0 aromatic heterocycles. The number of ether oxygens (including phenoxy) is 1. The first-order valence-electron chi connectivity index (χ1n) is 8.80. The Morgan fingerprint density at radius 3 is 2.59 bits per heavy atom. The van der Waals surface area contributed by atoms with Crippen molar-refractivity contribution in [3.63, 3.8) is 0 Å². The van der Waals surface area contributed by atoms with Gasteiger partial charge in [0.15, 0.2) is 6.61 Å². The Labute approximate surface area is 172 Å². The summed E-state index contributed by atoms with van der Waals surface area (Å²) in [6.45, 7) is 0.175. The van der Waals surface area contributed by atoms with Gasteiger partial charge in [0.2, 0.25) is 5.91 Å². The minimum Gasteiger partial charge on any atom is -0.484 e. The fourth-order valence-electron chi connectivity index (χ4n) is 2.83. The van der Waals surface area contributed by atoms with Crippen molar-refractivity contribution in [1.82, 2.24) is 10.9 Å². The maximum absolute atomic E-state index is 12.5. The zero-order valence-corrected chi connectivity index (χ0v) is 16.0. The Balaban J connectivity index is 1.58. The summed E-state index contributed by atoms with van der Waals surface area (Å²) >= 11 is 6.02. The molecule has 29 heavy (non-hydrogen) atoms. The summed E-state index contributed by atoms with van der Waals surface area (Å²) in [5.74, 6) is -0.822. The lowest BCUT2D eigenvalue weighted by Crippen LogP contribution is -2.44. The molecule has 8 nitrogen and oxygen atoms in total. The van der Waals surface area contributed by atoms with Crippen LogP contribution < -0.4 is 20.5 Å². The minimum absolute atomic E-state index is 0.0823. The zero-order chi connectivity index (χ0) is 20.8. The standard InChI is InChI=1S/C20H17ClN4O4/c21-14-5-8-16(17(10-14)25-9-1-2-19(25)27)20(28)24-23-18(26)12-29-15-6-3-13(11-22)4-7-15/h3-8,10H,1-2,9,12H2,(H,23,26)(H,24,28). The molecule has 1 saturated heterocycles. The van der Waals surface area contributed by atoms with Crippen LogP contribution in [0.4, 0.5) is 5.69 Å². The maximum Gasteiger partial charge on any atom is 0.276 e. The van der Waals surface area contributed by atoms with Crippen LogP contribution in [0.1, 0.15) is 28.8 Å². The number of anilines is 1. The second-order valence-electron chi connectivity index (χ2n) is 6.24. The van der Waals surface area contributed by atoms with Gasteiger partial charge in [-0.15, -0.1) is 0 Å². The average Bonchev–Trinajstić information content (AvgIpc) is 3.16. The molecule has 2 N–H and O–H groups in total. The first-order valence-corrected chi connectivity index (χ1v) is 9.18. The first-order chi connectivity index (χ1) is 14.0. The van der Waals surface area contributed by atoms with E-state index in [1.54, 1.807) is 30.3 Å². The number of halogens is 1. The van der Waals surface area contributed by atoms with E-state index in [9.17, 15) is 14.4 Å². The molecule has 3 rings (SSSR count). The molecular weight excluding hydrogens is 396 g/mol. The quantitative estimate of drug-likeness (QED) is 0.731. The molecule has 9 heteroatoms. The largest absolute Gasteiger partial charge is 0.484 e. The number of nitrogens with one attached hydrogen (secondary N) is 2. The van der Waals surface area contributed by atoms with E-state index in [0.717, 1.165) is 0 Å². The van der Waals surface area contributed by atoms with E-state index in [4.69, 9.17) is 21.6 Å². The molecule has 148 valence electrons. The summed E-state index contributed by atoms with van der Waals surface area (Å²) in [5.41, 5.74) is 5.67. The van der Waals surface area contributed by atoms with E-state index < -0.39 is 11.8 Å². The maximum atomic E-state index is 12.5. The molecule has 0 radical (unpaired) electrons. The number of hydrogen-bond acceptors (Lipinski definition) is 5. The molecule has 1 fully saturated rings. The molecule has 0 unspecified atom stereocenters. The lowest BCUT2D eigenvalue weighted by atomic mass is 10.1. The van der Waals surface area contributed by atoms with Crippen molar-refractivity contribution >= 4 is 35.0 Å². The van der Waals surface area contributed by atoms with Gasteiger partial charge in [-0.05, 0) is 48.9 Å². The molecule has 2 aromatic rings. The van der Waals surface area contributed by atoms with Gasteiger partial charge in [-0.2, -0.15) is 5.26 Å². The average molecular weight is 413 g/mol. The molecule has 0 bridgehead atoms. The van der Waals surface area contributed by atoms with Crippen LogP contribution in [-0.2, 0) is 9.59 Å². The summed E-state index contributed by atoms with van der Waals surface area (Å²) in [5, 5.41) is 9.16. The zero-order valence-electron chi connectivity index (χ0n) is 15.3. The van der Waals surface area contributed by atoms with Crippen molar-refractivity contribution in [2.75, 3.05) is 18.1 Å². The molecule has 3 amide bonds. The lowest BCUT2D eigenvalue weighted by Gasteiger charge is -2.20. The van der Waals surface area contributed by atoms with Crippen molar-refractivity contribution in [2.45, 2.75) is 12.8 Å². The highest BCUT2D eigenvalue weighted by atomic mass is 35.5. The number of carbonyl (C=O) groups excluding carboxylic acids is 3. The number of carbonyl (C=O) groups is 3. The fourth-order valence-corrected chi connectivity index (χ4v) is 2.99. The van der Waals surface area contributed by atoms with Crippen LogP contribution in [0, 0.1) is 11.3 Å². The number of nitriles is 1. The third-order valence-corrected chi connectivity index (χ3v) is 4.47. The van der Waals surface area contributed by atoms with Gasteiger partial charge in [0.25, 0.3) is 11.8 Å². The van der Waals surface area contributed by atoms with Crippen LogP contribution in [0.25, 0.3) is 0 Å². The van der Waals surface area contributed by atoms with Gasteiger partial charge in [-0.3, -0.25) is 25.2 Å². The molecule has 1 heterocycles. The third-order valence-electron chi connectivity index (χ3n) is 4.24. The van der Waals surface area contributed by atoms with E-state index in [-0.39, 0.29) is 18.1 Å². The summed E-state index contributed by atoms with van der Waals surface area (Å²) in [4.78, 5) is 38.0. The van der Waals surface area contributed by atoms with Gasteiger partial charge in [0.05, 0.1) is 22.9 Å². The molecule has 0 aliphatic carbocycles. The second kappa shape index (κ2) is 9.08. The van der Waals surface area contributed by atoms with Crippen molar-refractivity contribution in [3.8, 4) is 11.8 Å². The van der Waals surface area contributed by atoms with E-state index in [0.29, 0.717) is 41.4 Å². The number of benzene rings is 2. The first kappa shape index (κ1) is 20.2. The molecule has 2 aromatic carbocycles. The Hall–Kier alpha value is -3.57. The summed E-state index contributed by atoms with van der Waals surface area (Å²) in [6.07, 6.45) is 1.12.